The Morgan fingerprint density at radius 2 is 2.08 bits per heavy atom. The smallest absolute Gasteiger partial charge is 0.234 e. The van der Waals surface area contributed by atoms with E-state index in [0.29, 0.717) is 19.1 Å². The van der Waals surface area contributed by atoms with Crippen molar-refractivity contribution >= 4 is 5.91 Å². The van der Waals surface area contributed by atoms with E-state index in [-0.39, 0.29) is 5.91 Å². The van der Waals surface area contributed by atoms with Crippen LogP contribution in [0.1, 0.15) is 17.8 Å². The molecule has 1 saturated heterocycles. The van der Waals surface area contributed by atoms with E-state index in [2.05, 4.69) is 46.3 Å². The van der Waals surface area contributed by atoms with Crippen LogP contribution < -0.4 is 5.32 Å². The SMILES string of the molecule is Cc1nccn1-c1ccc(CNC(=O)CN2CCC(N(C)C)C2)cc1. The summed E-state index contributed by atoms with van der Waals surface area (Å²) in [4.78, 5) is 20.9. The summed E-state index contributed by atoms with van der Waals surface area (Å²) in [6.07, 6.45) is 4.88. The average molecular weight is 341 g/mol. The van der Waals surface area contributed by atoms with Gasteiger partial charge in [0.05, 0.1) is 6.54 Å². The zero-order valence-corrected chi connectivity index (χ0v) is 15.3. The number of imidazole rings is 1. The highest BCUT2D eigenvalue weighted by atomic mass is 16.2. The van der Waals surface area contributed by atoms with Gasteiger partial charge < -0.3 is 14.8 Å². The first-order chi connectivity index (χ1) is 12.0. The van der Waals surface area contributed by atoms with Gasteiger partial charge >= 0.3 is 0 Å². The van der Waals surface area contributed by atoms with Crippen molar-refractivity contribution in [3.63, 3.8) is 0 Å². The first-order valence-electron chi connectivity index (χ1n) is 8.77. The Morgan fingerprint density at radius 3 is 2.68 bits per heavy atom. The molecule has 0 bridgehead atoms. The Balaban J connectivity index is 1.47. The summed E-state index contributed by atoms with van der Waals surface area (Å²) in [5, 5.41) is 3.02. The zero-order chi connectivity index (χ0) is 17.8. The molecule has 25 heavy (non-hydrogen) atoms. The number of carbonyl (C=O) groups is 1. The maximum atomic E-state index is 12.2. The second-order valence-corrected chi connectivity index (χ2v) is 6.93. The summed E-state index contributed by atoms with van der Waals surface area (Å²) in [7, 11) is 4.20. The predicted molar refractivity (Wildman–Crippen MR) is 98.7 cm³/mol. The molecule has 1 unspecified atom stereocenters. The van der Waals surface area contributed by atoms with E-state index in [1.165, 1.54) is 0 Å². The monoisotopic (exact) mass is 341 g/mol. The molecule has 1 aromatic carbocycles. The van der Waals surface area contributed by atoms with Crippen LogP contribution in [-0.2, 0) is 11.3 Å². The van der Waals surface area contributed by atoms with E-state index in [0.717, 1.165) is 36.6 Å². The largest absolute Gasteiger partial charge is 0.351 e. The third kappa shape index (κ3) is 4.46. The summed E-state index contributed by atoms with van der Waals surface area (Å²) in [5.41, 5.74) is 2.18. The summed E-state index contributed by atoms with van der Waals surface area (Å²) in [6, 6.07) is 8.77. The maximum Gasteiger partial charge on any atom is 0.234 e. The molecule has 134 valence electrons. The van der Waals surface area contributed by atoms with Crippen molar-refractivity contribution in [2.24, 2.45) is 0 Å². The van der Waals surface area contributed by atoms with E-state index in [4.69, 9.17) is 0 Å². The number of rotatable bonds is 6. The summed E-state index contributed by atoms with van der Waals surface area (Å²) in [6.45, 7) is 4.99. The Kier molecular flexibility index (Phi) is 5.50. The highest BCUT2D eigenvalue weighted by Crippen LogP contribution is 2.13. The molecule has 6 heteroatoms. The first kappa shape index (κ1) is 17.6. The number of hydrogen-bond acceptors (Lipinski definition) is 4. The van der Waals surface area contributed by atoms with E-state index in [9.17, 15) is 4.79 Å². The van der Waals surface area contributed by atoms with Crippen LogP contribution in [-0.4, -0.2) is 65.0 Å². The van der Waals surface area contributed by atoms with Gasteiger partial charge in [-0.3, -0.25) is 9.69 Å². The average Bonchev–Trinajstić information content (AvgIpc) is 3.22. The highest BCUT2D eigenvalue weighted by molar-refractivity contribution is 5.78. The van der Waals surface area contributed by atoms with E-state index in [1.807, 2.05) is 29.8 Å². The Labute approximate surface area is 149 Å². The molecule has 0 aliphatic carbocycles. The van der Waals surface area contributed by atoms with Gasteiger partial charge in [0.2, 0.25) is 5.91 Å². The van der Waals surface area contributed by atoms with Gasteiger partial charge in [-0.05, 0) is 45.1 Å². The molecule has 1 aliphatic heterocycles. The van der Waals surface area contributed by atoms with Crippen molar-refractivity contribution in [2.75, 3.05) is 33.7 Å². The second-order valence-electron chi connectivity index (χ2n) is 6.93. The number of benzene rings is 1. The third-order valence-electron chi connectivity index (χ3n) is 4.87. The molecule has 1 amide bonds. The van der Waals surface area contributed by atoms with Crippen LogP contribution in [0.2, 0.25) is 0 Å². The van der Waals surface area contributed by atoms with Crippen LogP contribution in [0.4, 0.5) is 0 Å². The molecule has 1 aliphatic rings. The van der Waals surface area contributed by atoms with Crippen molar-refractivity contribution < 1.29 is 4.79 Å². The van der Waals surface area contributed by atoms with Crippen LogP contribution in [0.5, 0.6) is 0 Å². The normalized spacial score (nSPS) is 18.0. The van der Waals surface area contributed by atoms with E-state index >= 15 is 0 Å². The summed E-state index contributed by atoms with van der Waals surface area (Å²) < 4.78 is 2.04. The van der Waals surface area contributed by atoms with Crippen LogP contribution in [0.3, 0.4) is 0 Å². The van der Waals surface area contributed by atoms with Crippen LogP contribution in [0, 0.1) is 6.92 Å². The van der Waals surface area contributed by atoms with Crippen molar-refractivity contribution in [3.8, 4) is 5.69 Å². The molecular formula is C19H27N5O. The lowest BCUT2D eigenvalue weighted by atomic mass is 10.2. The van der Waals surface area contributed by atoms with Crippen molar-refractivity contribution in [1.29, 1.82) is 0 Å². The minimum absolute atomic E-state index is 0.0916. The van der Waals surface area contributed by atoms with Crippen LogP contribution in [0.25, 0.3) is 5.69 Å². The third-order valence-corrected chi connectivity index (χ3v) is 4.87. The fraction of sp³-hybridized carbons (Fsp3) is 0.474. The number of carbonyl (C=O) groups excluding carboxylic acids is 1. The van der Waals surface area contributed by atoms with Crippen molar-refractivity contribution in [1.82, 2.24) is 24.7 Å². The highest BCUT2D eigenvalue weighted by Gasteiger charge is 2.25. The fourth-order valence-corrected chi connectivity index (χ4v) is 3.26. The molecule has 6 nitrogen and oxygen atoms in total. The molecule has 2 heterocycles. The number of likely N-dealkylation sites (tertiary alicyclic amines) is 1. The number of hydrogen-bond donors (Lipinski definition) is 1. The van der Waals surface area contributed by atoms with Gasteiger partial charge in [0, 0.05) is 43.8 Å². The van der Waals surface area contributed by atoms with Gasteiger partial charge in [-0.15, -0.1) is 0 Å². The lowest BCUT2D eigenvalue weighted by Crippen LogP contribution is -2.38. The van der Waals surface area contributed by atoms with Crippen molar-refractivity contribution in [3.05, 3.63) is 48.0 Å². The Morgan fingerprint density at radius 1 is 1.32 bits per heavy atom. The Bertz CT molecular complexity index is 707. The zero-order valence-electron chi connectivity index (χ0n) is 15.3. The molecule has 0 spiro atoms. The van der Waals surface area contributed by atoms with Gasteiger partial charge in [-0.2, -0.15) is 0 Å². The molecule has 1 fully saturated rings. The molecule has 1 aromatic heterocycles. The number of likely N-dealkylation sites (N-methyl/N-ethyl adjacent to an activating group) is 1. The van der Waals surface area contributed by atoms with Gasteiger partial charge in [-0.1, -0.05) is 12.1 Å². The standard InChI is InChI=1S/C19H27N5O/c1-15-20-9-11-24(15)17-6-4-16(5-7-17)12-21-19(25)14-23-10-8-18(13-23)22(2)3/h4-7,9,11,18H,8,10,12-14H2,1-3H3,(H,21,25). The molecule has 2 aromatic rings. The van der Waals surface area contributed by atoms with Crippen molar-refractivity contribution in [2.45, 2.75) is 25.9 Å². The minimum Gasteiger partial charge on any atom is -0.351 e. The second kappa shape index (κ2) is 7.80. The molecule has 1 N–H and O–H groups in total. The van der Waals surface area contributed by atoms with E-state index in [1.54, 1.807) is 6.20 Å². The van der Waals surface area contributed by atoms with Gasteiger partial charge in [0.25, 0.3) is 0 Å². The Hall–Kier alpha value is -2.18. The number of amides is 1. The molecule has 1 atom stereocenters. The van der Waals surface area contributed by atoms with Gasteiger partial charge in [-0.25, -0.2) is 4.98 Å². The molecule has 3 rings (SSSR count). The number of nitrogens with one attached hydrogen (secondary N) is 1. The lowest BCUT2D eigenvalue weighted by molar-refractivity contribution is -0.122. The number of aromatic nitrogens is 2. The minimum atomic E-state index is 0.0916. The molecule has 0 radical (unpaired) electrons. The predicted octanol–water partition coefficient (Wildman–Crippen LogP) is 1.43. The molecule has 0 saturated carbocycles. The van der Waals surface area contributed by atoms with Crippen LogP contribution >= 0.6 is 0 Å². The maximum absolute atomic E-state index is 12.2. The summed E-state index contributed by atoms with van der Waals surface area (Å²) in [5.74, 6) is 1.05. The topological polar surface area (TPSA) is 53.4 Å². The molecular weight excluding hydrogens is 314 g/mol. The van der Waals surface area contributed by atoms with Gasteiger partial charge in [0.1, 0.15) is 5.82 Å². The first-order valence-corrected chi connectivity index (χ1v) is 8.77. The quantitative estimate of drug-likeness (QED) is 0.864. The number of nitrogens with zero attached hydrogens (tertiary/aromatic N) is 4. The number of aryl methyl sites for hydroxylation is 1. The summed E-state index contributed by atoms with van der Waals surface area (Å²) >= 11 is 0. The van der Waals surface area contributed by atoms with Gasteiger partial charge in [0.15, 0.2) is 0 Å². The van der Waals surface area contributed by atoms with Crippen LogP contribution in [0.15, 0.2) is 36.7 Å². The lowest BCUT2D eigenvalue weighted by Gasteiger charge is -2.20. The van der Waals surface area contributed by atoms with E-state index < -0.39 is 0 Å². The fourth-order valence-electron chi connectivity index (χ4n) is 3.26.